The first-order valence-corrected chi connectivity index (χ1v) is 11.1. The van der Waals surface area contributed by atoms with E-state index in [0.717, 1.165) is 17.0 Å². The Morgan fingerprint density at radius 1 is 1.00 bits per heavy atom. The van der Waals surface area contributed by atoms with Gasteiger partial charge >= 0.3 is 0 Å². The van der Waals surface area contributed by atoms with E-state index in [1.165, 1.54) is 0 Å². The monoisotopic (exact) mass is 448 g/mol. The van der Waals surface area contributed by atoms with Crippen molar-refractivity contribution >= 4 is 23.6 Å². The van der Waals surface area contributed by atoms with Gasteiger partial charge in [-0.25, -0.2) is 0 Å². The molecule has 1 atom stereocenters. The van der Waals surface area contributed by atoms with Gasteiger partial charge in [-0.2, -0.15) is 0 Å². The number of nitrogens with zero attached hydrogens (tertiary/aromatic N) is 3. The van der Waals surface area contributed by atoms with Crippen LogP contribution in [0.1, 0.15) is 57.5 Å². The highest BCUT2D eigenvalue weighted by Gasteiger charge is 2.45. The van der Waals surface area contributed by atoms with E-state index in [1.807, 2.05) is 12.1 Å². The summed E-state index contributed by atoms with van der Waals surface area (Å²) in [4.78, 5) is 56.9. The summed E-state index contributed by atoms with van der Waals surface area (Å²) in [7, 11) is 0. The smallest absolute Gasteiger partial charge is 0.262 e. The van der Waals surface area contributed by atoms with Crippen molar-refractivity contribution in [2.75, 3.05) is 13.1 Å². The first kappa shape index (κ1) is 21.4. The number of likely N-dealkylation sites (tertiary alicyclic amines) is 1. The fourth-order valence-corrected chi connectivity index (χ4v) is 4.88. The quantitative estimate of drug-likeness (QED) is 0.669. The van der Waals surface area contributed by atoms with Gasteiger partial charge in [-0.3, -0.25) is 39.3 Å². The summed E-state index contributed by atoms with van der Waals surface area (Å²) in [5, 5.41) is 13.5. The van der Waals surface area contributed by atoms with Crippen molar-refractivity contribution < 1.29 is 24.3 Å². The molecule has 0 aliphatic carbocycles. The molecule has 1 aromatic heterocycles. The molecule has 9 nitrogen and oxygen atoms in total. The number of aliphatic hydroxyl groups is 1. The van der Waals surface area contributed by atoms with Crippen LogP contribution in [0.4, 0.5) is 0 Å². The van der Waals surface area contributed by atoms with Crippen molar-refractivity contribution in [3.05, 3.63) is 65.0 Å². The van der Waals surface area contributed by atoms with E-state index in [1.54, 1.807) is 30.6 Å². The zero-order chi connectivity index (χ0) is 23.2. The summed E-state index contributed by atoms with van der Waals surface area (Å²) in [6.45, 7) is 2.15. The lowest BCUT2D eigenvalue weighted by molar-refractivity contribution is -0.136. The average Bonchev–Trinajstić information content (AvgIpc) is 3.06. The number of piperidine rings is 2. The molecule has 9 heteroatoms. The average molecular weight is 448 g/mol. The maximum absolute atomic E-state index is 13.1. The minimum Gasteiger partial charge on any atom is -0.385 e. The number of rotatable bonds is 4. The van der Waals surface area contributed by atoms with Crippen LogP contribution in [0.2, 0.25) is 0 Å². The lowest BCUT2D eigenvalue weighted by atomic mass is 9.83. The number of carbonyl (C=O) groups is 4. The van der Waals surface area contributed by atoms with Gasteiger partial charge in [-0.1, -0.05) is 6.07 Å². The number of benzene rings is 1. The van der Waals surface area contributed by atoms with Gasteiger partial charge in [0.05, 0.1) is 16.7 Å². The molecular formula is C24H24N4O5. The summed E-state index contributed by atoms with van der Waals surface area (Å²) in [6, 6.07) is 7.77. The summed E-state index contributed by atoms with van der Waals surface area (Å²) in [5.41, 5.74) is 1.05. The number of carbonyl (C=O) groups excluding carboxylic acids is 4. The number of nitrogens with one attached hydrogen (secondary N) is 1. The molecule has 1 unspecified atom stereocenters. The van der Waals surface area contributed by atoms with Gasteiger partial charge in [0.25, 0.3) is 11.8 Å². The van der Waals surface area contributed by atoms with Crippen LogP contribution in [-0.4, -0.2) is 62.7 Å². The van der Waals surface area contributed by atoms with Crippen molar-refractivity contribution in [2.45, 2.75) is 43.9 Å². The fraction of sp³-hybridized carbons (Fsp3) is 0.375. The van der Waals surface area contributed by atoms with Gasteiger partial charge in [0.15, 0.2) is 0 Å². The molecule has 4 heterocycles. The zero-order valence-electron chi connectivity index (χ0n) is 18.0. The van der Waals surface area contributed by atoms with Crippen LogP contribution in [-0.2, 0) is 21.7 Å². The maximum atomic E-state index is 13.1. The first-order valence-electron chi connectivity index (χ1n) is 11.1. The molecule has 2 aromatic rings. The van der Waals surface area contributed by atoms with Crippen LogP contribution in [0.15, 0.2) is 42.7 Å². The van der Waals surface area contributed by atoms with Gasteiger partial charge in [0, 0.05) is 38.4 Å². The van der Waals surface area contributed by atoms with Crippen LogP contribution < -0.4 is 5.32 Å². The van der Waals surface area contributed by atoms with E-state index in [-0.39, 0.29) is 24.0 Å². The number of hydrogen-bond acceptors (Lipinski definition) is 7. The third kappa shape index (κ3) is 3.83. The van der Waals surface area contributed by atoms with Crippen molar-refractivity contribution in [3.8, 4) is 0 Å². The highest BCUT2D eigenvalue weighted by Crippen LogP contribution is 2.36. The van der Waals surface area contributed by atoms with Crippen LogP contribution in [0.3, 0.4) is 0 Å². The molecule has 5 rings (SSSR count). The molecule has 2 N–H and O–H groups in total. The zero-order valence-corrected chi connectivity index (χ0v) is 18.0. The Balaban J connectivity index is 1.32. The Hall–Kier alpha value is -3.43. The van der Waals surface area contributed by atoms with Crippen LogP contribution in [0.25, 0.3) is 0 Å². The minimum atomic E-state index is -1.10. The molecule has 2 saturated heterocycles. The Bertz CT molecular complexity index is 1140. The van der Waals surface area contributed by atoms with E-state index in [2.05, 4.69) is 15.2 Å². The van der Waals surface area contributed by atoms with E-state index < -0.39 is 35.3 Å². The topological polar surface area (TPSA) is 120 Å². The Labute approximate surface area is 190 Å². The molecular weight excluding hydrogens is 424 g/mol. The fourth-order valence-electron chi connectivity index (χ4n) is 4.88. The molecule has 0 saturated carbocycles. The lowest BCUT2D eigenvalue weighted by Gasteiger charge is -2.38. The number of amides is 4. The molecule has 0 bridgehead atoms. The molecule has 1 aromatic carbocycles. The van der Waals surface area contributed by atoms with E-state index >= 15 is 0 Å². The van der Waals surface area contributed by atoms with E-state index in [9.17, 15) is 24.3 Å². The van der Waals surface area contributed by atoms with E-state index in [4.69, 9.17) is 0 Å². The standard InChI is InChI=1S/C24H24N4O5/c29-20-4-3-19(21(30)26-20)28-22(31)17-2-1-16(13-18(17)23(28)32)24(33)7-11-27(12-8-24)14-15-5-9-25-10-6-15/h1-2,5-6,9-10,13,19,33H,3-4,7-8,11-12,14H2,(H,26,29,30). The molecule has 0 spiro atoms. The predicted octanol–water partition coefficient (Wildman–Crippen LogP) is 0.966. The van der Waals surface area contributed by atoms with Gasteiger partial charge in [-0.05, 0) is 54.7 Å². The van der Waals surface area contributed by atoms with Crippen LogP contribution >= 0.6 is 0 Å². The van der Waals surface area contributed by atoms with Crippen molar-refractivity contribution in [1.29, 1.82) is 0 Å². The summed E-state index contributed by atoms with van der Waals surface area (Å²) < 4.78 is 0. The number of aromatic nitrogens is 1. The third-order valence-corrected chi connectivity index (χ3v) is 6.82. The molecule has 3 aliphatic heterocycles. The molecule has 170 valence electrons. The Morgan fingerprint density at radius 2 is 1.70 bits per heavy atom. The highest BCUT2D eigenvalue weighted by molar-refractivity contribution is 6.23. The van der Waals surface area contributed by atoms with Crippen LogP contribution in [0.5, 0.6) is 0 Å². The number of imide groups is 2. The minimum absolute atomic E-state index is 0.0742. The predicted molar refractivity (Wildman–Crippen MR) is 116 cm³/mol. The van der Waals surface area contributed by atoms with Crippen molar-refractivity contribution in [3.63, 3.8) is 0 Å². The summed E-state index contributed by atoms with van der Waals surface area (Å²) in [6.07, 6.45) is 4.70. The molecule has 33 heavy (non-hydrogen) atoms. The molecule has 3 aliphatic rings. The Morgan fingerprint density at radius 3 is 2.39 bits per heavy atom. The summed E-state index contributed by atoms with van der Waals surface area (Å²) in [5.74, 6) is -2.16. The number of hydrogen-bond donors (Lipinski definition) is 2. The number of pyridine rings is 1. The highest BCUT2D eigenvalue weighted by atomic mass is 16.3. The van der Waals surface area contributed by atoms with Crippen LogP contribution in [0, 0.1) is 0 Å². The number of fused-ring (bicyclic) bond motifs is 1. The second kappa shape index (κ2) is 8.17. The maximum Gasteiger partial charge on any atom is 0.262 e. The normalized spacial score (nSPS) is 22.9. The SMILES string of the molecule is O=C1CCC(N2C(=O)c3ccc(C4(O)CCN(Cc5ccncc5)CC4)cc3C2=O)C(=O)N1. The van der Waals surface area contributed by atoms with Gasteiger partial charge in [0.2, 0.25) is 11.8 Å². The Kier molecular flexibility index (Phi) is 5.30. The van der Waals surface area contributed by atoms with Crippen molar-refractivity contribution in [2.24, 2.45) is 0 Å². The van der Waals surface area contributed by atoms with Gasteiger partial charge < -0.3 is 5.11 Å². The molecule has 0 radical (unpaired) electrons. The largest absolute Gasteiger partial charge is 0.385 e. The lowest BCUT2D eigenvalue weighted by Crippen LogP contribution is -2.54. The second-order valence-corrected chi connectivity index (χ2v) is 8.87. The van der Waals surface area contributed by atoms with E-state index in [0.29, 0.717) is 31.5 Å². The first-order chi connectivity index (χ1) is 15.9. The second-order valence-electron chi connectivity index (χ2n) is 8.87. The van der Waals surface area contributed by atoms with Gasteiger partial charge in [0.1, 0.15) is 6.04 Å². The molecule has 4 amide bonds. The third-order valence-electron chi connectivity index (χ3n) is 6.82. The van der Waals surface area contributed by atoms with Gasteiger partial charge in [-0.15, -0.1) is 0 Å². The van der Waals surface area contributed by atoms with Crippen molar-refractivity contribution in [1.82, 2.24) is 20.1 Å². The summed E-state index contributed by atoms with van der Waals surface area (Å²) >= 11 is 0. The molecule has 2 fully saturated rings.